The van der Waals surface area contributed by atoms with Crippen molar-refractivity contribution < 1.29 is 14.6 Å². The number of carboxylic acid groups (broad SMARTS) is 1. The lowest BCUT2D eigenvalue weighted by atomic mass is 9.99. The number of hydrogen-bond acceptors (Lipinski definition) is 4. The molecule has 0 spiro atoms. The fraction of sp³-hybridized carbons (Fsp3) is 0.917. The molecule has 1 saturated heterocycles. The van der Waals surface area contributed by atoms with Gasteiger partial charge in [0.05, 0.1) is 12.7 Å². The summed E-state index contributed by atoms with van der Waals surface area (Å²) >= 11 is 0. The van der Waals surface area contributed by atoms with E-state index in [0.717, 1.165) is 26.2 Å². The van der Waals surface area contributed by atoms with E-state index >= 15 is 0 Å². The zero-order chi connectivity index (χ0) is 12.9. The van der Waals surface area contributed by atoms with Gasteiger partial charge in [-0.05, 0) is 19.9 Å². The lowest BCUT2D eigenvalue weighted by molar-refractivity contribution is -0.144. The van der Waals surface area contributed by atoms with Crippen LogP contribution in [0.2, 0.25) is 0 Å². The average molecular weight is 244 g/mol. The molecular weight excluding hydrogens is 220 g/mol. The molecule has 1 aliphatic rings. The van der Waals surface area contributed by atoms with E-state index < -0.39 is 11.5 Å². The molecule has 0 aromatic carbocycles. The van der Waals surface area contributed by atoms with Gasteiger partial charge >= 0.3 is 5.97 Å². The second-order valence-electron chi connectivity index (χ2n) is 4.76. The number of nitrogens with zero attached hydrogens (tertiary/aromatic N) is 1. The number of morpholine rings is 1. The third kappa shape index (κ3) is 3.94. The molecule has 1 rings (SSSR count). The topological polar surface area (TPSA) is 61.8 Å². The predicted molar refractivity (Wildman–Crippen MR) is 66.2 cm³/mol. The van der Waals surface area contributed by atoms with Crippen LogP contribution < -0.4 is 5.32 Å². The van der Waals surface area contributed by atoms with E-state index in [-0.39, 0.29) is 6.10 Å². The van der Waals surface area contributed by atoms with Crippen LogP contribution in [-0.4, -0.2) is 60.4 Å². The molecule has 1 aliphatic heterocycles. The van der Waals surface area contributed by atoms with Crippen molar-refractivity contribution in [3.63, 3.8) is 0 Å². The maximum absolute atomic E-state index is 11.1. The van der Waals surface area contributed by atoms with Crippen LogP contribution in [0.25, 0.3) is 0 Å². The van der Waals surface area contributed by atoms with Gasteiger partial charge in [0.15, 0.2) is 0 Å². The molecule has 0 aromatic rings. The van der Waals surface area contributed by atoms with Gasteiger partial charge in [0.25, 0.3) is 0 Å². The van der Waals surface area contributed by atoms with Gasteiger partial charge < -0.3 is 9.84 Å². The first-order chi connectivity index (χ1) is 8.01. The van der Waals surface area contributed by atoms with Gasteiger partial charge in [0, 0.05) is 19.6 Å². The number of likely N-dealkylation sites (N-methyl/N-ethyl adjacent to an activating group) is 1. The Hall–Kier alpha value is -0.650. The molecule has 0 saturated carbocycles. The van der Waals surface area contributed by atoms with Crippen molar-refractivity contribution in [3.8, 4) is 0 Å². The van der Waals surface area contributed by atoms with Crippen LogP contribution in [-0.2, 0) is 9.53 Å². The van der Waals surface area contributed by atoms with Crippen LogP contribution in [0, 0.1) is 0 Å². The van der Waals surface area contributed by atoms with Crippen molar-refractivity contribution in [3.05, 3.63) is 0 Å². The molecule has 0 amide bonds. The van der Waals surface area contributed by atoms with Gasteiger partial charge in [-0.15, -0.1) is 0 Å². The van der Waals surface area contributed by atoms with E-state index in [0.29, 0.717) is 13.0 Å². The molecule has 0 radical (unpaired) electrons. The van der Waals surface area contributed by atoms with Crippen LogP contribution in [0.3, 0.4) is 0 Å². The van der Waals surface area contributed by atoms with E-state index in [2.05, 4.69) is 17.1 Å². The predicted octanol–water partition coefficient (Wildman–Crippen LogP) is 0.550. The first kappa shape index (κ1) is 14.4. The van der Waals surface area contributed by atoms with Crippen LogP contribution in [0.1, 0.15) is 27.2 Å². The van der Waals surface area contributed by atoms with Crippen LogP contribution in [0.4, 0.5) is 0 Å². The van der Waals surface area contributed by atoms with Crippen molar-refractivity contribution in [2.75, 3.05) is 32.8 Å². The number of ether oxygens (including phenoxy) is 1. The van der Waals surface area contributed by atoms with Gasteiger partial charge in [0.2, 0.25) is 0 Å². The molecular formula is C12H24N2O3. The fourth-order valence-electron chi connectivity index (χ4n) is 1.88. The number of rotatable bonds is 6. The van der Waals surface area contributed by atoms with Crippen LogP contribution in [0.5, 0.6) is 0 Å². The summed E-state index contributed by atoms with van der Waals surface area (Å²) < 4.78 is 5.63. The monoisotopic (exact) mass is 244 g/mol. The second-order valence-corrected chi connectivity index (χ2v) is 4.76. The third-order valence-corrected chi connectivity index (χ3v) is 3.57. The highest BCUT2D eigenvalue weighted by molar-refractivity contribution is 5.78. The van der Waals surface area contributed by atoms with Crippen LogP contribution in [0.15, 0.2) is 0 Å². The lowest BCUT2D eigenvalue weighted by Gasteiger charge is -2.34. The Morgan fingerprint density at radius 3 is 2.82 bits per heavy atom. The molecule has 0 aromatic heterocycles. The smallest absolute Gasteiger partial charge is 0.323 e. The van der Waals surface area contributed by atoms with Gasteiger partial charge in [-0.2, -0.15) is 0 Å². The minimum Gasteiger partial charge on any atom is -0.480 e. The minimum absolute atomic E-state index is 0.0916. The average Bonchev–Trinajstić information content (AvgIpc) is 2.36. The van der Waals surface area contributed by atoms with E-state index in [9.17, 15) is 4.79 Å². The summed E-state index contributed by atoms with van der Waals surface area (Å²) in [7, 11) is 0. The van der Waals surface area contributed by atoms with Gasteiger partial charge in [-0.1, -0.05) is 13.8 Å². The standard InChI is InChI=1S/C12H24N2O3/c1-4-12(3,11(15)16)13-8-10-9-14(5-2)6-7-17-10/h10,13H,4-9H2,1-3H3,(H,15,16). The number of carboxylic acids is 1. The largest absolute Gasteiger partial charge is 0.480 e. The Kier molecular flexibility index (Phi) is 5.36. The summed E-state index contributed by atoms with van der Waals surface area (Å²) in [6.07, 6.45) is 0.654. The quantitative estimate of drug-likeness (QED) is 0.714. The number of carbonyl (C=O) groups is 1. The summed E-state index contributed by atoms with van der Waals surface area (Å²) in [5.74, 6) is -0.803. The molecule has 5 nitrogen and oxygen atoms in total. The summed E-state index contributed by atoms with van der Waals surface area (Å²) in [5.41, 5.74) is -0.849. The molecule has 1 heterocycles. The molecule has 1 fully saturated rings. The second kappa shape index (κ2) is 6.33. The Balaban J connectivity index is 2.41. The number of hydrogen-bond donors (Lipinski definition) is 2. The highest BCUT2D eigenvalue weighted by Crippen LogP contribution is 2.11. The van der Waals surface area contributed by atoms with E-state index in [1.54, 1.807) is 6.92 Å². The zero-order valence-electron chi connectivity index (χ0n) is 11.0. The van der Waals surface area contributed by atoms with Crippen molar-refractivity contribution in [1.82, 2.24) is 10.2 Å². The first-order valence-corrected chi connectivity index (χ1v) is 6.34. The fourth-order valence-corrected chi connectivity index (χ4v) is 1.88. The van der Waals surface area contributed by atoms with Crippen molar-refractivity contribution in [1.29, 1.82) is 0 Å². The first-order valence-electron chi connectivity index (χ1n) is 6.34. The molecule has 2 N–H and O–H groups in total. The molecule has 2 atom stereocenters. The Labute approximate surface area is 103 Å². The van der Waals surface area contributed by atoms with Crippen molar-refractivity contribution >= 4 is 5.97 Å². The van der Waals surface area contributed by atoms with Gasteiger partial charge in [0.1, 0.15) is 5.54 Å². The molecule has 100 valence electrons. The summed E-state index contributed by atoms with van der Waals surface area (Å²) in [4.78, 5) is 13.5. The van der Waals surface area contributed by atoms with Crippen molar-refractivity contribution in [2.45, 2.75) is 38.8 Å². The SMILES string of the molecule is CCN1CCOC(CNC(C)(CC)C(=O)O)C1. The normalized spacial score (nSPS) is 25.5. The molecule has 0 bridgehead atoms. The summed E-state index contributed by atoms with van der Waals surface area (Å²) in [6.45, 7) is 9.91. The zero-order valence-corrected chi connectivity index (χ0v) is 11.0. The van der Waals surface area contributed by atoms with E-state index in [4.69, 9.17) is 9.84 Å². The lowest BCUT2D eigenvalue weighted by Crippen LogP contribution is -2.54. The summed E-state index contributed by atoms with van der Waals surface area (Å²) in [5, 5.41) is 12.3. The maximum Gasteiger partial charge on any atom is 0.323 e. The maximum atomic E-state index is 11.1. The number of aliphatic carboxylic acids is 1. The third-order valence-electron chi connectivity index (χ3n) is 3.57. The Morgan fingerprint density at radius 1 is 1.59 bits per heavy atom. The molecule has 5 heteroatoms. The van der Waals surface area contributed by atoms with E-state index in [1.165, 1.54) is 0 Å². The Morgan fingerprint density at radius 2 is 2.29 bits per heavy atom. The minimum atomic E-state index is -0.849. The summed E-state index contributed by atoms with van der Waals surface area (Å²) in [6, 6.07) is 0. The van der Waals surface area contributed by atoms with Crippen molar-refractivity contribution in [2.24, 2.45) is 0 Å². The van der Waals surface area contributed by atoms with Gasteiger partial charge in [-0.3, -0.25) is 15.0 Å². The van der Waals surface area contributed by atoms with E-state index in [1.807, 2.05) is 6.92 Å². The highest BCUT2D eigenvalue weighted by atomic mass is 16.5. The molecule has 2 unspecified atom stereocenters. The number of nitrogens with one attached hydrogen (secondary N) is 1. The van der Waals surface area contributed by atoms with Gasteiger partial charge in [-0.25, -0.2) is 0 Å². The highest BCUT2D eigenvalue weighted by Gasteiger charge is 2.31. The molecule has 17 heavy (non-hydrogen) atoms. The Bertz CT molecular complexity index is 260. The molecule has 0 aliphatic carbocycles. The van der Waals surface area contributed by atoms with Crippen LogP contribution >= 0.6 is 0 Å².